The Morgan fingerprint density at radius 1 is 1.11 bits per heavy atom. The summed E-state index contributed by atoms with van der Waals surface area (Å²) in [4.78, 5) is 8.24. The molecule has 2 aromatic rings. The van der Waals surface area contributed by atoms with E-state index in [2.05, 4.69) is 9.97 Å². The van der Waals surface area contributed by atoms with Gasteiger partial charge < -0.3 is 9.47 Å². The summed E-state index contributed by atoms with van der Waals surface area (Å²) in [5, 5.41) is 8.91. The predicted molar refractivity (Wildman–Crippen MR) is 67.9 cm³/mol. The molecule has 0 N–H and O–H groups in total. The third-order valence-electron chi connectivity index (χ3n) is 2.79. The molecule has 2 heterocycles. The van der Waals surface area contributed by atoms with Crippen molar-refractivity contribution in [1.29, 1.82) is 5.26 Å². The third-order valence-corrected chi connectivity index (χ3v) is 2.79. The summed E-state index contributed by atoms with van der Waals surface area (Å²) in [5.41, 5.74) is 2.35. The van der Waals surface area contributed by atoms with E-state index in [4.69, 9.17) is 14.7 Å². The van der Waals surface area contributed by atoms with E-state index in [1.165, 1.54) is 0 Å². The topological polar surface area (TPSA) is 68.0 Å². The Morgan fingerprint density at radius 2 is 1.89 bits per heavy atom. The molecule has 19 heavy (non-hydrogen) atoms. The van der Waals surface area contributed by atoms with E-state index in [9.17, 15) is 0 Å². The van der Waals surface area contributed by atoms with E-state index in [0.29, 0.717) is 24.7 Å². The molecular weight excluding hydrogens is 242 g/mol. The predicted octanol–water partition coefficient (Wildman–Crippen LogP) is 2.09. The highest BCUT2D eigenvalue weighted by Gasteiger charge is 2.13. The zero-order valence-electron chi connectivity index (χ0n) is 10.4. The van der Waals surface area contributed by atoms with Gasteiger partial charge in [-0.25, -0.2) is 9.97 Å². The first-order valence-corrected chi connectivity index (χ1v) is 5.92. The molecule has 1 aliphatic heterocycles. The minimum absolute atomic E-state index is 0.171. The highest BCUT2D eigenvalue weighted by molar-refractivity contribution is 5.64. The minimum Gasteiger partial charge on any atom is -0.486 e. The van der Waals surface area contributed by atoms with E-state index in [1.54, 1.807) is 0 Å². The summed E-state index contributed by atoms with van der Waals surface area (Å²) in [6, 6.07) is 9.43. The van der Waals surface area contributed by atoms with Crippen LogP contribution in [0.15, 0.2) is 24.3 Å². The summed E-state index contributed by atoms with van der Waals surface area (Å²) in [5.74, 6) is 1.62. The monoisotopic (exact) mass is 253 g/mol. The molecule has 0 fully saturated rings. The molecule has 5 nitrogen and oxygen atoms in total. The number of nitriles is 1. The zero-order valence-corrected chi connectivity index (χ0v) is 10.4. The summed E-state index contributed by atoms with van der Waals surface area (Å²) in [6.45, 7) is 2.95. The van der Waals surface area contributed by atoms with Gasteiger partial charge in [0.1, 0.15) is 19.3 Å². The lowest BCUT2D eigenvalue weighted by Gasteiger charge is -2.18. The molecule has 0 saturated carbocycles. The molecule has 1 aromatic carbocycles. The third kappa shape index (κ3) is 2.20. The number of benzene rings is 1. The molecule has 1 aliphatic rings. The van der Waals surface area contributed by atoms with E-state index < -0.39 is 0 Å². The van der Waals surface area contributed by atoms with Crippen molar-refractivity contribution in [1.82, 2.24) is 9.97 Å². The van der Waals surface area contributed by atoms with Gasteiger partial charge >= 0.3 is 0 Å². The van der Waals surface area contributed by atoms with E-state index in [-0.39, 0.29) is 5.82 Å². The van der Waals surface area contributed by atoms with Crippen LogP contribution < -0.4 is 9.47 Å². The maximum atomic E-state index is 8.91. The first-order valence-electron chi connectivity index (χ1n) is 5.92. The minimum atomic E-state index is 0.171. The smallest absolute Gasteiger partial charge is 0.232 e. The fourth-order valence-electron chi connectivity index (χ4n) is 1.97. The molecule has 5 heteroatoms. The van der Waals surface area contributed by atoms with Crippen LogP contribution in [0.5, 0.6) is 11.5 Å². The second-order valence-electron chi connectivity index (χ2n) is 4.19. The molecule has 0 aliphatic carbocycles. The van der Waals surface area contributed by atoms with E-state index in [0.717, 1.165) is 17.0 Å². The van der Waals surface area contributed by atoms with Crippen LogP contribution in [-0.4, -0.2) is 23.2 Å². The Labute approximate surface area is 110 Å². The molecule has 0 atom stereocenters. The number of nitrogens with zero attached hydrogens (tertiary/aromatic N) is 3. The van der Waals surface area contributed by atoms with E-state index in [1.807, 2.05) is 37.3 Å². The summed E-state index contributed by atoms with van der Waals surface area (Å²) < 4.78 is 11.0. The second kappa shape index (κ2) is 4.58. The summed E-state index contributed by atoms with van der Waals surface area (Å²) in [7, 11) is 0. The highest BCUT2D eigenvalue weighted by Crippen LogP contribution is 2.33. The Hall–Kier alpha value is -2.61. The van der Waals surface area contributed by atoms with E-state index >= 15 is 0 Å². The number of hydrogen-bond acceptors (Lipinski definition) is 5. The van der Waals surface area contributed by atoms with Crippen molar-refractivity contribution in [3.8, 4) is 28.8 Å². The Bertz CT molecular complexity index is 677. The van der Waals surface area contributed by atoms with Gasteiger partial charge in [-0.2, -0.15) is 5.26 Å². The molecular formula is C14H11N3O2. The van der Waals surface area contributed by atoms with Crippen molar-refractivity contribution in [3.05, 3.63) is 35.8 Å². The van der Waals surface area contributed by atoms with Gasteiger partial charge in [-0.3, -0.25) is 0 Å². The Morgan fingerprint density at radius 3 is 2.68 bits per heavy atom. The highest BCUT2D eigenvalue weighted by atomic mass is 16.6. The van der Waals surface area contributed by atoms with Crippen LogP contribution in [-0.2, 0) is 0 Å². The largest absolute Gasteiger partial charge is 0.486 e. The van der Waals surface area contributed by atoms with Crippen LogP contribution in [0.2, 0.25) is 0 Å². The normalized spacial score (nSPS) is 12.8. The van der Waals surface area contributed by atoms with Crippen LogP contribution in [0.4, 0.5) is 0 Å². The van der Waals surface area contributed by atoms with Gasteiger partial charge in [-0.05, 0) is 31.2 Å². The number of fused-ring (bicyclic) bond motifs is 1. The van der Waals surface area contributed by atoms with Gasteiger partial charge in [-0.1, -0.05) is 0 Å². The summed E-state index contributed by atoms with van der Waals surface area (Å²) in [6.07, 6.45) is 0. The average Bonchev–Trinajstić information content (AvgIpc) is 2.46. The Kier molecular flexibility index (Phi) is 2.76. The molecule has 0 spiro atoms. The zero-order chi connectivity index (χ0) is 13.2. The molecule has 1 aromatic heterocycles. The second-order valence-corrected chi connectivity index (χ2v) is 4.19. The first-order chi connectivity index (χ1) is 9.26. The van der Waals surface area contributed by atoms with Gasteiger partial charge in [0.15, 0.2) is 11.5 Å². The quantitative estimate of drug-likeness (QED) is 0.778. The standard InChI is InChI=1S/C14H11N3O2/c1-9-6-11(17-14(8-15)16-9)10-2-3-12-13(7-10)19-5-4-18-12/h2-3,6-7H,4-5H2,1H3. The van der Waals surface area contributed by atoms with Gasteiger partial charge in [0.05, 0.1) is 5.69 Å². The van der Waals surface area contributed by atoms with Crippen molar-refractivity contribution in [2.24, 2.45) is 0 Å². The fraction of sp³-hybridized carbons (Fsp3) is 0.214. The van der Waals surface area contributed by atoms with Crippen molar-refractivity contribution < 1.29 is 9.47 Å². The molecule has 0 amide bonds. The lowest BCUT2D eigenvalue weighted by Crippen LogP contribution is -2.15. The van der Waals surface area contributed by atoms with Gasteiger partial charge in [-0.15, -0.1) is 0 Å². The van der Waals surface area contributed by atoms with Crippen molar-refractivity contribution in [3.63, 3.8) is 0 Å². The molecule has 3 rings (SSSR count). The van der Waals surface area contributed by atoms with Gasteiger partial charge in [0.25, 0.3) is 0 Å². The molecule has 0 unspecified atom stereocenters. The average molecular weight is 253 g/mol. The van der Waals surface area contributed by atoms with Crippen LogP contribution in [0.1, 0.15) is 11.5 Å². The van der Waals surface area contributed by atoms with Crippen molar-refractivity contribution in [2.75, 3.05) is 13.2 Å². The summed E-state index contributed by atoms with van der Waals surface area (Å²) >= 11 is 0. The number of ether oxygens (including phenoxy) is 2. The van der Waals surface area contributed by atoms with Gasteiger partial charge in [0.2, 0.25) is 5.82 Å². The van der Waals surface area contributed by atoms with Crippen LogP contribution >= 0.6 is 0 Å². The maximum absolute atomic E-state index is 8.91. The Balaban J connectivity index is 2.07. The van der Waals surface area contributed by atoms with Gasteiger partial charge in [0, 0.05) is 11.3 Å². The number of aryl methyl sites for hydroxylation is 1. The maximum Gasteiger partial charge on any atom is 0.232 e. The van der Waals surface area contributed by atoms with Crippen molar-refractivity contribution >= 4 is 0 Å². The lowest BCUT2D eigenvalue weighted by atomic mass is 10.1. The SMILES string of the molecule is Cc1cc(-c2ccc3c(c2)OCCO3)nc(C#N)n1. The number of rotatable bonds is 1. The van der Waals surface area contributed by atoms with Crippen LogP contribution in [0.25, 0.3) is 11.3 Å². The fourth-order valence-corrected chi connectivity index (χ4v) is 1.97. The van der Waals surface area contributed by atoms with Crippen LogP contribution in [0.3, 0.4) is 0 Å². The lowest BCUT2D eigenvalue weighted by molar-refractivity contribution is 0.171. The van der Waals surface area contributed by atoms with Crippen molar-refractivity contribution in [2.45, 2.75) is 6.92 Å². The number of aromatic nitrogens is 2. The molecule has 0 bridgehead atoms. The molecule has 0 radical (unpaired) electrons. The number of hydrogen-bond donors (Lipinski definition) is 0. The molecule has 94 valence electrons. The first kappa shape index (κ1) is 11.5. The molecule has 0 saturated heterocycles. The van der Waals surface area contributed by atoms with Crippen LogP contribution in [0, 0.1) is 18.3 Å².